The van der Waals surface area contributed by atoms with Gasteiger partial charge < -0.3 is 14.6 Å². The van der Waals surface area contributed by atoms with Gasteiger partial charge in [0.2, 0.25) is 0 Å². The molecule has 0 saturated heterocycles. The molecule has 0 fully saturated rings. The van der Waals surface area contributed by atoms with E-state index in [1.807, 2.05) is 76.7 Å². The molecule has 9 nitrogen and oxygen atoms in total. The van der Waals surface area contributed by atoms with Crippen LogP contribution in [0.3, 0.4) is 0 Å². The molecular weight excluding hydrogens is 612 g/mol. The summed E-state index contributed by atoms with van der Waals surface area (Å²) < 4.78 is 21.4. The van der Waals surface area contributed by atoms with Crippen molar-refractivity contribution in [3.05, 3.63) is 130 Å². The third-order valence-corrected chi connectivity index (χ3v) is 9.17. The first-order valence-corrected chi connectivity index (χ1v) is 16.1. The third kappa shape index (κ3) is 6.97. The second kappa shape index (κ2) is 13.9. The predicted octanol–water partition coefficient (Wildman–Crippen LogP) is 5.94. The van der Waals surface area contributed by atoms with Crippen LogP contribution in [0.2, 0.25) is 0 Å². The number of amides is 2. The van der Waals surface area contributed by atoms with Crippen LogP contribution in [0.15, 0.2) is 107 Å². The van der Waals surface area contributed by atoms with Gasteiger partial charge in [0.25, 0.3) is 11.8 Å². The van der Waals surface area contributed by atoms with Crippen LogP contribution in [0.1, 0.15) is 44.6 Å². The molecule has 0 spiro atoms. The van der Waals surface area contributed by atoms with Gasteiger partial charge in [-0.25, -0.2) is 9.40 Å². The highest BCUT2D eigenvalue weighted by Crippen LogP contribution is 2.35. The number of carbonyl (C=O) groups excluding carboxylic acids is 2. The molecule has 12 heteroatoms. The van der Waals surface area contributed by atoms with E-state index < -0.39 is 11.7 Å². The van der Waals surface area contributed by atoms with Crippen molar-refractivity contribution < 1.29 is 18.7 Å². The van der Waals surface area contributed by atoms with Crippen molar-refractivity contribution in [1.29, 1.82) is 0 Å². The lowest BCUT2D eigenvalue weighted by Gasteiger charge is -2.22. The largest absolute Gasteiger partial charge is 0.497 e. The number of thiophene rings is 1. The molecule has 0 saturated carbocycles. The number of ether oxygens (including phenoxy) is 1. The van der Waals surface area contributed by atoms with Gasteiger partial charge in [0, 0.05) is 6.42 Å². The maximum Gasteiger partial charge on any atom is 0.254 e. The van der Waals surface area contributed by atoms with E-state index in [1.165, 1.54) is 30.0 Å². The molecule has 1 aliphatic rings. The quantitative estimate of drug-likeness (QED) is 0.180. The van der Waals surface area contributed by atoms with Crippen molar-refractivity contribution >= 4 is 40.6 Å². The van der Waals surface area contributed by atoms with E-state index >= 15 is 0 Å². The first-order valence-electron chi connectivity index (χ1n) is 14.2. The zero-order valence-corrected chi connectivity index (χ0v) is 25.9. The van der Waals surface area contributed by atoms with E-state index in [2.05, 4.69) is 15.5 Å². The second-order valence-electron chi connectivity index (χ2n) is 10.2. The Balaban J connectivity index is 1.21. The number of hydrogen-bond donors (Lipinski definition) is 1. The molecule has 6 rings (SSSR count). The average molecular weight is 641 g/mol. The Morgan fingerprint density at radius 2 is 1.78 bits per heavy atom. The summed E-state index contributed by atoms with van der Waals surface area (Å²) in [5.74, 6) is -0.0318. The fourth-order valence-electron chi connectivity index (χ4n) is 4.99. The number of nitrogens with one attached hydrogen (secondary N) is 1. The summed E-state index contributed by atoms with van der Waals surface area (Å²) in [6.07, 6.45) is 0.597. The molecule has 0 unspecified atom stereocenters. The smallest absolute Gasteiger partial charge is 0.254 e. The van der Waals surface area contributed by atoms with Gasteiger partial charge in [0.15, 0.2) is 11.0 Å². The summed E-state index contributed by atoms with van der Waals surface area (Å²) in [7, 11) is 1.62. The maximum absolute atomic E-state index is 14.2. The SMILES string of the molecule is COc1ccc([C@H]2CC(c3cccs3)=NN2C(=O)CSc2nnc(CNC(=O)c3ccccc3F)n2Cc2ccccc2)cc1. The fraction of sp³-hybridized carbons (Fsp3) is 0.182. The Kier molecular flexibility index (Phi) is 9.32. The Morgan fingerprint density at radius 1 is 1.00 bits per heavy atom. The van der Waals surface area contributed by atoms with E-state index in [-0.39, 0.29) is 29.8 Å². The number of thioether (sulfide) groups is 1. The lowest BCUT2D eigenvalue weighted by Crippen LogP contribution is -2.28. The van der Waals surface area contributed by atoms with Crippen molar-refractivity contribution in [2.75, 3.05) is 12.9 Å². The summed E-state index contributed by atoms with van der Waals surface area (Å²) in [5.41, 5.74) is 2.77. The zero-order valence-electron chi connectivity index (χ0n) is 24.3. The Labute approximate surface area is 267 Å². The van der Waals surface area contributed by atoms with Gasteiger partial charge in [-0.05, 0) is 46.8 Å². The van der Waals surface area contributed by atoms with Crippen molar-refractivity contribution in [1.82, 2.24) is 25.1 Å². The minimum atomic E-state index is -0.602. The fourth-order valence-corrected chi connectivity index (χ4v) is 6.52. The molecule has 3 aromatic carbocycles. The maximum atomic E-state index is 14.2. The molecule has 228 valence electrons. The summed E-state index contributed by atoms with van der Waals surface area (Å²) in [6, 6.07) is 27.0. The summed E-state index contributed by atoms with van der Waals surface area (Å²) in [6.45, 7) is 0.454. The molecule has 0 aliphatic carbocycles. The molecule has 0 bridgehead atoms. The molecule has 5 aromatic rings. The molecule has 2 aromatic heterocycles. The number of hydrazone groups is 1. The van der Waals surface area contributed by atoms with Gasteiger partial charge in [-0.1, -0.05) is 72.4 Å². The first kappa shape index (κ1) is 30.2. The number of nitrogens with zero attached hydrogens (tertiary/aromatic N) is 5. The average Bonchev–Trinajstić information content (AvgIpc) is 3.84. The Morgan fingerprint density at radius 3 is 2.51 bits per heavy atom. The number of carbonyl (C=O) groups is 2. The van der Waals surface area contributed by atoms with E-state index in [9.17, 15) is 14.0 Å². The van der Waals surface area contributed by atoms with Gasteiger partial charge in [-0.2, -0.15) is 5.10 Å². The first-order chi connectivity index (χ1) is 22.0. The van der Waals surface area contributed by atoms with Gasteiger partial charge in [-0.3, -0.25) is 9.59 Å². The second-order valence-corrected chi connectivity index (χ2v) is 12.1. The topological polar surface area (TPSA) is 102 Å². The van der Waals surface area contributed by atoms with Gasteiger partial charge >= 0.3 is 0 Å². The highest BCUT2D eigenvalue weighted by atomic mass is 32.2. The van der Waals surface area contributed by atoms with Crippen LogP contribution in [0.5, 0.6) is 5.75 Å². The van der Waals surface area contributed by atoms with Crippen molar-refractivity contribution in [3.63, 3.8) is 0 Å². The summed E-state index contributed by atoms with van der Waals surface area (Å²) in [4.78, 5) is 27.5. The monoisotopic (exact) mass is 640 g/mol. The van der Waals surface area contributed by atoms with Crippen LogP contribution in [0.4, 0.5) is 4.39 Å². The molecule has 3 heterocycles. The summed E-state index contributed by atoms with van der Waals surface area (Å²) in [5, 5.41) is 20.3. The number of hydrogen-bond acceptors (Lipinski definition) is 8. The molecule has 1 aliphatic heterocycles. The molecule has 45 heavy (non-hydrogen) atoms. The van der Waals surface area contributed by atoms with Gasteiger partial charge in [0.05, 0.1) is 48.1 Å². The van der Waals surface area contributed by atoms with Gasteiger partial charge in [0.1, 0.15) is 11.6 Å². The van der Waals surface area contributed by atoms with Crippen LogP contribution in [-0.4, -0.2) is 50.2 Å². The van der Waals surface area contributed by atoms with E-state index in [4.69, 9.17) is 9.84 Å². The molecule has 2 amide bonds. The van der Waals surface area contributed by atoms with E-state index in [1.54, 1.807) is 29.5 Å². The molecule has 1 atom stereocenters. The van der Waals surface area contributed by atoms with Gasteiger partial charge in [-0.15, -0.1) is 21.5 Å². The van der Waals surface area contributed by atoms with E-state index in [0.717, 1.165) is 27.5 Å². The minimum Gasteiger partial charge on any atom is -0.497 e. The van der Waals surface area contributed by atoms with E-state index in [0.29, 0.717) is 23.9 Å². The standard InChI is InChI=1S/C33H29FN6O3S2/c1-43-24-15-13-23(14-16-24)28-18-27(29-12-7-17-44-29)38-40(28)31(41)21-45-33-37-36-30(39(33)20-22-8-3-2-4-9-22)19-35-32(42)25-10-5-6-11-26(25)34/h2-17,28H,18-21H2,1H3,(H,35,42)/t28-/m1/s1. The lowest BCUT2D eigenvalue weighted by atomic mass is 10.0. The number of methoxy groups -OCH3 is 1. The third-order valence-electron chi connectivity index (χ3n) is 7.30. The number of halogens is 1. The van der Waals surface area contributed by atoms with Crippen molar-refractivity contribution in [2.24, 2.45) is 5.10 Å². The number of aromatic nitrogens is 3. The molecule has 0 radical (unpaired) electrons. The van der Waals surface area contributed by atoms with Crippen LogP contribution in [-0.2, 0) is 17.9 Å². The van der Waals surface area contributed by atoms with Crippen LogP contribution in [0.25, 0.3) is 0 Å². The normalized spacial score (nSPS) is 14.3. The highest BCUT2D eigenvalue weighted by Gasteiger charge is 2.33. The summed E-state index contributed by atoms with van der Waals surface area (Å²) >= 11 is 2.85. The van der Waals surface area contributed by atoms with Crippen LogP contribution < -0.4 is 10.1 Å². The Bertz CT molecular complexity index is 1810. The predicted molar refractivity (Wildman–Crippen MR) is 172 cm³/mol. The van der Waals surface area contributed by atoms with Crippen LogP contribution >= 0.6 is 23.1 Å². The molecule has 1 N–H and O–H groups in total. The molecular formula is C33H29FN6O3S2. The number of rotatable bonds is 11. The van der Waals surface area contributed by atoms with Crippen LogP contribution in [0, 0.1) is 5.82 Å². The zero-order chi connectivity index (χ0) is 31.2. The van der Waals surface area contributed by atoms with Crippen molar-refractivity contribution in [2.45, 2.75) is 30.7 Å². The lowest BCUT2D eigenvalue weighted by molar-refractivity contribution is -0.130. The Hall–Kier alpha value is -4.81. The highest BCUT2D eigenvalue weighted by molar-refractivity contribution is 7.99. The minimum absolute atomic E-state index is 0.0294. The number of benzene rings is 3. The van der Waals surface area contributed by atoms with Crippen molar-refractivity contribution in [3.8, 4) is 5.75 Å².